The fraction of sp³-hybridized carbons (Fsp3) is 0.367. The van der Waals surface area contributed by atoms with E-state index in [-0.39, 0.29) is 221 Å². The van der Waals surface area contributed by atoms with E-state index in [1.54, 1.807) is 0 Å². The second kappa shape index (κ2) is 28.6. The Hall–Kier alpha value is -4.80. The number of ether oxygens (including phenoxy) is 4. The normalized spacial score (nSPS) is 12.9. The predicted molar refractivity (Wildman–Crippen MR) is 431 cm³/mol. The number of hydrogen-bond donors (Lipinski definition) is 0. The third-order valence-corrected chi connectivity index (χ3v) is 22.9. The topological polar surface area (TPSA) is 142 Å². The Labute approximate surface area is 679 Å². The van der Waals surface area contributed by atoms with E-state index in [2.05, 4.69) is 157 Å². The molecule has 3 aromatic heterocycles. The molecule has 2 aliphatic rings. The fourth-order valence-corrected chi connectivity index (χ4v) is 15.7. The van der Waals surface area contributed by atoms with Gasteiger partial charge in [-0.05, 0) is 79.7 Å². The zero-order chi connectivity index (χ0) is 75.5. The number of halogens is 12. The molecule has 5 heterocycles. The molecule has 0 atom stereocenters. The molecule has 0 aliphatic carbocycles. The van der Waals surface area contributed by atoms with E-state index in [1.807, 2.05) is 36.4 Å². The minimum absolute atomic E-state index is 0. The summed E-state index contributed by atoms with van der Waals surface area (Å²) in [5.41, 5.74) is 3.85. The first-order chi connectivity index (χ1) is 47.7. The summed E-state index contributed by atoms with van der Waals surface area (Å²) in [7, 11) is 0. The van der Waals surface area contributed by atoms with Crippen molar-refractivity contribution in [2.75, 3.05) is 6.61 Å². The number of hydrogen-bond acceptors (Lipinski definition) is 10. The minimum Gasteiger partial charge on any atom is -0.490 e. The average molecular weight is 1690 g/mol. The van der Waals surface area contributed by atoms with Crippen LogP contribution >= 0.6 is 139 Å². The van der Waals surface area contributed by atoms with Gasteiger partial charge in [0, 0.05) is 83.1 Å². The van der Waals surface area contributed by atoms with Crippen LogP contribution in [0.1, 0.15) is 178 Å². The van der Waals surface area contributed by atoms with E-state index in [0.29, 0.717) is 23.7 Å². The average Bonchev–Trinajstić information content (AvgIpc) is 1.55. The predicted octanol–water partition coefficient (Wildman–Crippen LogP) is 28.6. The van der Waals surface area contributed by atoms with Crippen LogP contribution in [0.2, 0.25) is 60.3 Å². The summed E-state index contributed by atoms with van der Waals surface area (Å²) in [6.45, 7) is 42.4. The van der Waals surface area contributed by atoms with Crippen molar-refractivity contribution in [3.05, 3.63) is 148 Å². The van der Waals surface area contributed by atoms with Gasteiger partial charge in [0.2, 0.25) is 0 Å². The zero-order valence-electron chi connectivity index (χ0n) is 61.1. The van der Waals surface area contributed by atoms with Crippen molar-refractivity contribution in [3.8, 4) is 85.8 Å². The van der Waals surface area contributed by atoms with Crippen molar-refractivity contribution in [2.24, 2.45) is 5.92 Å². The van der Waals surface area contributed by atoms with Crippen LogP contribution in [-0.4, -0.2) is 36.5 Å². The van der Waals surface area contributed by atoms with Crippen LogP contribution in [0.15, 0.2) is 54.6 Å². The van der Waals surface area contributed by atoms with Crippen LogP contribution < -0.4 is 28.9 Å². The summed E-state index contributed by atoms with van der Waals surface area (Å²) in [4.78, 5) is 41.5. The van der Waals surface area contributed by atoms with Gasteiger partial charge in [0.05, 0.1) is 70.1 Å². The van der Waals surface area contributed by atoms with Gasteiger partial charge in [-0.3, -0.25) is 0 Å². The quantitative estimate of drug-likeness (QED) is 0.0950. The molecule has 0 unspecified atom stereocenters. The van der Waals surface area contributed by atoms with Gasteiger partial charge in [-0.25, -0.2) is 9.97 Å². The first-order valence-corrected chi connectivity index (χ1v) is 37.9. The fourth-order valence-electron chi connectivity index (χ4n) is 12.3. The smallest absolute Gasteiger partial charge is 0.490 e. The summed E-state index contributed by atoms with van der Waals surface area (Å²) in [6, 6.07) is 18.0. The zero-order valence-corrected chi connectivity index (χ0v) is 73.2. The molecule has 104 heavy (non-hydrogen) atoms. The van der Waals surface area contributed by atoms with Crippen LogP contribution in [0.4, 0.5) is 0 Å². The third-order valence-electron chi connectivity index (χ3n) is 18.1. The van der Waals surface area contributed by atoms with E-state index in [4.69, 9.17) is 198 Å². The van der Waals surface area contributed by atoms with Crippen LogP contribution in [0.5, 0.6) is 40.2 Å². The van der Waals surface area contributed by atoms with Gasteiger partial charge < -0.3 is 48.9 Å². The number of benzene rings is 7. The molecule has 0 fully saturated rings. The maximum Gasteiger partial charge on any atom is 2.00 e. The molecule has 12 rings (SSSR count). The van der Waals surface area contributed by atoms with E-state index in [0.717, 1.165) is 33.4 Å². The molecule has 0 amide bonds. The van der Waals surface area contributed by atoms with Crippen LogP contribution in [-0.2, 0) is 52.0 Å². The van der Waals surface area contributed by atoms with Gasteiger partial charge in [0.15, 0.2) is 23.0 Å². The molecule has 7 aromatic carbocycles. The van der Waals surface area contributed by atoms with Gasteiger partial charge in [0.1, 0.15) is 37.3 Å². The molecule has 0 saturated heterocycles. The van der Waals surface area contributed by atoms with Crippen molar-refractivity contribution < 1.29 is 38.4 Å². The Morgan fingerprint density at radius 3 is 0.865 bits per heavy atom. The maximum atomic E-state index is 7.84. The summed E-state index contributed by atoms with van der Waals surface area (Å²) in [5, 5.41) is -0.319. The number of rotatable bonds is 10. The molecule has 0 spiro atoms. The van der Waals surface area contributed by atoms with Crippen molar-refractivity contribution >= 4 is 183 Å². The summed E-state index contributed by atoms with van der Waals surface area (Å²) in [5.74, 6) is 1.17. The van der Waals surface area contributed by atoms with E-state index in [9.17, 15) is 0 Å². The van der Waals surface area contributed by atoms with Gasteiger partial charge in [-0.15, -0.1) is 0 Å². The Morgan fingerprint density at radius 2 is 0.577 bits per heavy atom. The molecule has 25 heteroatoms. The summed E-state index contributed by atoms with van der Waals surface area (Å²) in [6.07, 6.45) is 0.640. The Kier molecular flexibility index (Phi) is 22.0. The first kappa shape index (κ1) is 80.2. The monoisotopic (exact) mass is 1680 g/mol. The second-order valence-electron chi connectivity index (χ2n) is 32.5. The second-order valence-corrected chi connectivity index (χ2v) is 37.1. The molecule has 8 bridgehead atoms. The molecule has 12 nitrogen and oxygen atoms in total. The SMILES string of the molecule is CC(C)CCOc1c(Cl)c(Cl)c2c3nc4nc(nc5[n-]c(nc6nc(nc([n-]3)c2c1Cl)-c1c(Cl)c(Cl)c(Oc2ccc(C(C)(C)C)cc2C(C)(C)C)c(Cl)c1-6)c1c(Cl)c(Cl)c(Oc2ccc(C(C)(C)C)cc2C(C)(C)C)c(Cl)c51)-c1c(Cl)c(Oc2ccc(C(C)(C)C)cc2C(C)(C)C)c(Cl)c(Cl)c1-4.[Zn+2]. The van der Waals surface area contributed by atoms with Crippen LogP contribution in [0.3, 0.4) is 0 Å². The van der Waals surface area contributed by atoms with Gasteiger partial charge in [-0.2, -0.15) is 0 Å². The number of aromatic nitrogens is 8. The Morgan fingerprint density at radius 1 is 0.317 bits per heavy atom. The van der Waals surface area contributed by atoms with Gasteiger partial charge in [-0.1, -0.05) is 314 Å². The Bertz CT molecular complexity index is 5440. The van der Waals surface area contributed by atoms with Crippen molar-refractivity contribution in [2.45, 2.75) is 177 Å². The largest absolute Gasteiger partial charge is 2.00 e. The molecule has 2 aliphatic heterocycles. The third kappa shape index (κ3) is 14.6. The maximum absolute atomic E-state index is 7.84. The van der Waals surface area contributed by atoms with E-state index < -0.39 is 16.2 Å². The van der Waals surface area contributed by atoms with Crippen molar-refractivity contribution in [3.63, 3.8) is 0 Å². The van der Waals surface area contributed by atoms with E-state index >= 15 is 0 Å². The standard InChI is InChI=1S/C79H74Cl12N8O4.Zn/c1-32(2)27-28-100-62-54(84)46-42(50(80)58(62)88)66-92-67-43-48(56(86)64(59(89)51(43)81)102-40-25-22-34(75(6,7)8)30-37(40)78(15,16)17)72(95-67)99-73-49-45(53(83)61(91)65(57(49)87)103-41-26-23-35(76(9,10)11)31-38(41)79(18,19)20)69(98-73)97-71-47-44(68(96-71)94-70(46)93-66)52(82)60(90)63(55(47)85)101-39-24-21-33(74(3,4)5)29-36(39)77(12,13)14;/h21-26,29-32H,27-28H2,1-20H3;/q-2;+2. The first-order valence-electron chi connectivity index (χ1n) is 33.3. The molecule has 0 N–H and O–H groups in total. The van der Waals surface area contributed by atoms with Gasteiger partial charge in [0.25, 0.3) is 0 Å². The summed E-state index contributed by atoms with van der Waals surface area (Å²) < 4.78 is 27.2. The molecular formula is C79H74Cl12N8O4Zn. The summed E-state index contributed by atoms with van der Waals surface area (Å²) >= 11 is 91.1. The molecular weight excluding hydrogens is 1620 g/mol. The number of fused-ring (bicyclic) bond motifs is 20. The van der Waals surface area contributed by atoms with Crippen LogP contribution in [0, 0.1) is 5.92 Å². The molecule has 0 radical (unpaired) electrons. The molecule has 540 valence electrons. The van der Waals surface area contributed by atoms with Crippen molar-refractivity contribution in [1.29, 1.82) is 0 Å². The number of nitrogens with zero attached hydrogens (tertiary/aromatic N) is 8. The molecule has 10 aromatic rings. The Balaban J connectivity index is 0.0000108. The van der Waals surface area contributed by atoms with Crippen LogP contribution in [0.25, 0.3) is 89.7 Å². The van der Waals surface area contributed by atoms with Crippen molar-refractivity contribution in [1.82, 2.24) is 39.9 Å². The minimum atomic E-state index is -0.450. The van der Waals surface area contributed by atoms with Gasteiger partial charge >= 0.3 is 19.5 Å². The molecule has 0 saturated carbocycles. The van der Waals surface area contributed by atoms with E-state index in [1.165, 1.54) is 0 Å².